The van der Waals surface area contributed by atoms with Crippen LogP contribution in [0.15, 0.2) is 0 Å². The van der Waals surface area contributed by atoms with Gasteiger partial charge < -0.3 is 19.5 Å². The van der Waals surface area contributed by atoms with Gasteiger partial charge in [0.1, 0.15) is 12.6 Å². The summed E-state index contributed by atoms with van der Waals surface area (Å²) in [7, 11) is 0. The second-order valence-corrected chi connectivity index (χ2v) is 6.65. The van der Waals surface area contributed by atoms with Crippen LogP contribution in [0.25, 0.3) is 0 Å². The number of likely N-dealkylation sites (tertiary alicyclic amines) is 1. The van der Waals surface area contributed by atoms with Gasteiger partial charge in [-0.2, -0.15) is 0 Å². The van der Waals surface area contributed by atoms with Crippen LogP contribution in [0.5, 0.6) is 0 Å². The summed E-state index contributed by atoms with van der Waals surface area (Å²) in [6.07, 6.45) is 6.88. The molecule has 1 aliphatic carbocycles. The lowest BCUT2D eigenvalue weighted by Gasteiger charge is -2.33. The number of carboxylic acids is 1. The van der Waals surface area contributed by atoms with Crippen molar-refractivity contribution in [3.63, 3.8) is 0 Å². The van der Waals surface area contributed by atoms with Crippen LogP contribution in [0.4, 0.5) is 0 Å². The van der Waals surface area contributed by atoms with Gasteiger partial charge in [-0.3, -0.25) is 4.79 Å². The molecule has 3 rings (SSSR count). The van der Waals surface area contributed by atoms with E-state index in [2.05, 4.69) is 0 Å². The maximum atomic E-state index is 12.5. The van der Waals surface area contributed by atoms with Crippen molar-refractivity contribution in [1.82, 2.24) is 4.90 Å². The van der Waals surface area contributed by atoms with Gasteiger partial charge in [-0.05, 0) is 38.0 Å². The summed E-state index contributed by atoms with van der Waals surface area (Å²) < 4.78 is 11.0. The first kappa shape index (κ1) is 15.7. The summed E-state index contributed by atoms with van der Waals surface area (Å²) in [6.45, 7) is 1.15. The monoisotopic (exact) mass is 311 g/mol. The summed E-state index contributed by atoms with van der Waals surface area (Å²) in [5.41, 5.74) is 0. The topological polar surface area (TPSA) is 76.1 Å². The van der Waals surface area contributed by atoms with E-state index in [4.69, 9.17) is 9.47 Å². The van der Waals surface area contributed by atoms with E-state index in [1.165, 1.54) is 0 Å². The van der Waals surface area contributed by atoms with Crippen LogP contribution in [0.2, 0.25) is 0 Å². The lowest BCUT2D eigenvalue weighted by molar-refractivity contribution is -0.152. The Bertz CT molecular complexity index is 421. The maximum Gasteiger partial charge on any atom is 0.326 e. The highest BCUT2D eigenvalue weighted by Gasteiger charge is 2.47. The van der Waals surface area contributed by atoms with Crippen molar-refractivity contribution >= 4 is 11.9 Å². The van der Waals surface area contributed by atoms with Crippen LogP contribution >= 0.6 is 0 Å². The Morgan fingerprint density at radius 1 is 1.18 bits per heavy atom. The second-order valence-electron chi connectivity index (χ2n) is 6.65. The molecule has 3 aliphatic rings. The summed E-state index contributed by atoms with van der Waals surface area (Å²) in [5.74, 6) is -0.723. The lowest BCUT2D eigenvalue weighted by Crippen LogP contribution is -2.47. The van der Waals surface area contributed by atoms with Gasteiger partial charge in [-0.25, -0.2) is 4.79 Å². The Morgan fingerprint density at radius 2 is 2.00 bits per heavy atom. The molecule has 0 spiro atoms. The van der Waals surface area contributed by atoms with E-state index in [0.717, 1.165) is 45.1 Å². The molecule has 1 saturated carbocycles. The van der Waals surface area contributed by atoms with Crippen molar-refractivity contribution in [3.8, 4) is 0 Å². The highest BCUT2D eigenvalue weighted by atomic mass is 16.5. The first-order chi connectivity index (χ1) is 10.7. The van der Waals surface area contributed by atoms with Gasteiger partial charge in [-0.1, -0.05) is 12.8 Å². The number of carbonyl (C=O) groups is 2. The average Bonchev–Trinajstić information content (AvgIpc) is 3.13. The first-order valence-corrected chi connectivity index (χ1v) is 8.40. The normalized spacial score (nSPS) is 34.6. The molecule has 1 N–H and O–H groups in total. The number of ether oxygens (including phenoxy) is 2. The largest absolute Gasteiger partial charge is 0.480 e. The molecule has 2 aliphatic heterocycles. The van der Waals surface area contributed by atoms with Crippen LogP contribution in [0.1, 0.15) is 44.9 Å². The Kier molecular flexibility index (Phi) is 4.98. The summed E-state index contributed by atoms with van der Waals surface area (Å²) in [4.78, 5) is 25.6. The van der Waals surface area contributed by atoms with Gasteiger partial charge in [-0.15, -0.1) is 0 Å². The fourth-order valence-electron chi connectivity index (χ4n) is 4.17. The molecule has 1 amide bonds. The number of aliphatic carboxylic acids is 1. The third-order valence-electron chi connectivity index (χ3n) is 5.21. The Balaban J connectivity index is 1.56. The van der Waals surface area contributed by atoms with E-state index in [1.54, 1.807) is 4.90 Å². The second kappa shape index (κ2) is 6.96. The molecule has 0 aromatic rings. The highest BCUT2D eigenvalue weighted by molar-refractivity contribution is 5.85. The van der Waals surface area contributed by atoms with Gasteiger partial charge in [0.25, 0.3) is 0 Å². The fourth-order valence-corrected chi connectivity index (χ4v) is 4.17. The Morgan fingerprint density at radius 3 is 2.73 bits per heavy atom. The zero-order valence-electron chi connectivity index (χ0n) is 12.9. The molecule has 4 atom stereocenters. The number of carboxylic acid groups (broad SMARTS) is 1. The molecule has 3 fully saturated rings. The Hall–Kier alpha value is -1.14. The van der Waals surface area contributed by atoms with Crippen molar-refractivity contribution in [1.29, 1.82) is 0 Å². The summed E-state index contributed by atoms with van der Waals surface area (Å²) >= 11 is 0. The van der Waals surface area contributed by atoms with E-state index >= 15 is 0 Å². The van der Waals surface area contributed by atoms with E-state index in [0.29, 0.717) is 18.9 Å². The van der Waals surface area contributed by atoms with Crippen LogP contribution in [-0.4, -0.2) is 59.9 Å². The lowest BCUT2D eigenvalue weighted by atomic mass is 9.85. The molecule has 0 radical (unpaired) electrons. The molecule has 6 nitrogen and oxygen atoms in total. The Labute approximate surface area is 130 Å². The number of carbonyl (C=O) groups excluding carboxylic acids is 1. The predicted octanol–water partition coefficient (Wildman–Crippen LogP) is 1.43. The molecule has 0 aromatic carbocycles. The molecular weight excluding hydrogens is 286 g/mol. The molecule has 2 heterocycles. The molecule has 6 heteroatoms. The smallest absolute Gasteiger partial charge is 0.326 e. The van der Waals surface area contributed by atoms with Gasteiger partial charge in [0.05, 0.1) is 12.7 Å². The van der Waals surface area contributed by atoms with Crippen LogP contribution < -0.4 is 0 Å². The predicted molar refractivity (Wildman–Crippen MR) is 78.4 cm³/mol. The first-order valence-electron chi connectivity index (χ1n) is 8.40. The zero-order valence-corrected chi connectivity index (χ0v) is 12.9. The van der Waals surface area contributed by atoms with E-state index in [9.17, 15) is 14.7 Å². The van der Waals surface area contributed by atoms with Crippen LogP contribution in [0, 0.1) is 5.92 Å². The molecule has 124 valence electrons. The van der Waals surface area contributed by atoms with Crippen molar-refractivity contribution in [2.75, 3.05) is 19.8 Å². The van der Waals surface area contributed by atoms with Crippen molar-refractivity contribution in [3.05, 3.63) is 0 Å². The number of nitrogens with zero attached hydrogens (tertiary/aromatic N) is 1. The number of amides is 1. The maximum absolute atomic E-state index is 12.5. The van der Waals surface area contributed by atoms with Crippen molar-refractivity contribution < 1.29 is 24.2 Å². The summed E-state index contributed by atoms with van der Waals surface area (Å²) in [5, 5.41) is 9.42. The number of hydrogen-bond acceptors (Lipinski definition) is 4. The molecule has 0 aromatic heterocycles. The minimum atomic E-state index is -0.887. The minimum Gasteiger partial charge on any atom is -0.480 e. The standard InChI is InChI=1S/C16H25NO5/c18-15(10-21-9-12-5-3-7-22-12)17-13-6-2-1-4-11(13)8-14(17)16(19)20/h11-14H,1-10H2,(H,19,20). The van der Waals surface area contributed by atoms with E-state index in [1.807, 2.05) is 0 Å². The third-order valence-corrected chi connectivity index (χ3v) is 5.21. The molecule has 0 bridgehead atoms. The van der Waals surface area contributed by atoms with E-state index in [-0.39, 0.29) is 24.7 Å². The molecule has 2 saturated heterocycles. The van der Waals surface area contributed by atoms with Gasteiger partial charge >= 0.3 is 5.97 Å². The van der Waals surface area contributed by atoms with E-state index < -0.39 is 12.0 Å². The van der Waals surface area contributed by atoms with Gasteiger partial charge in [0.15, 0.2) is 0 Å². The summed E-state index contributed by atoms with van der Waals surface area (Å²) in [6, 6.07) is -0.583. The quantitative estimate of drug-likeness (QED) is 0.831. The van der Waals surface area contributed by atoms with Gasteiger partial charge in [0, 0.05) is 12.6 Å². The number of rotatable bonds is 5. The van der Waals surface area contributed by atoms with Crippen molar-refractivity contribution in [2.45, 2.75) is 63.1 Å². The van der Waals surface area contributed by atoms with Crippen LogP contribution in [-0.2, 0) is 19.1 Å². The SMILES string of the molecule is O=C(O)C1CC2CCCCC2N1C(=O)COCC1CCCO1. The fraction of sp³-hybridized carbons (Fsp3) is 0.875. The third kappa shape index (κ3) is 3.27. The minimum absolute atomic E-state index is 0.0349. The van der Waals surface area contributed by atoms with Crippen LogP contribution in [0.3, 0.4) is 0 Å². The molecule has 4 unspecified atom stereocenters. The number of fused-ring (bicyclic) bond motifs is 1. The number of hydrogen-bond donors (Lipinski definition) is 1. The molecule has 22 heavy (non-hydrogen) atoms. The molecular formula is C16H25NO5. The van der Waals surface area contributed by atoms with Crippen molar-refractivity contribution in [2.24, 2.45) is 5.92 Å². The van der Waals surface area contributed by atoms with Gasteiger partial charge in [0.2, 0.25) is 5.91 Å². The zero-order chi connectivity index (χ0) is 15.5. The highest BCUT2D eigenvalue weighted by Crippen LogP contribution is 2.39. The average molecular weight is 311 g/mol.